The van der Waals surface area contributed by atoms with E-state index in [1.165, 1.54) is 24.1 Å². The third-order valence-electron chi connectivity index (χ3n) is 6.21. The number of aromatic amines is 1. The maximum atomic E-state index is 13.2. The third kappa shape index (κ3) is 3.95. The van der Waals surface area contributed by atoms with E-state index in [1.54, 1.807) is 11.0 Å². The average Bonchev–Trinajstić information content (AvgIpc) is 3.21. The summed E-state index contributed by atoms with van der Waals surface area (Å²) < 4.78 is 11.2. The van der Waals surface area contributed by atoms with Crippen molar-refractivity contribution in [3.05, 3.63) is 70.9 Å². The van der Waals surface area contributed by atoms with E-state index in [0.29, 0.717) is 37.4 Å². The van der Waals surface area contributed by atoms with Crippen molar-refractivity contribution in [1.82, 2.24) is 9.88 Å². The number of carbonyl (C=O) groups excluding carboxylic acids is 2. The summed E-state index contributed by atoms with van der Waals surface area (Å²) in [5.74, 6) is -0.689. The number of nitrogens with one attached hydrogen (secondary N) is 1. The molecule has 2 heterocycles. The van der Waals surface area contributed by atoms with Crippen LogP contribution in [-0.4, -0.2) is 48.1 Å². The van der Waals surface area contributed by atoms with E-state index in [1.807, 2.05) is 42.5 Å². The van der Waals surface area contributed by atoms with Crippen molar-refractivity contribution in [1.29, 1.82) is 0 Å². The maximum Gasteiger partial charge on any atom is 0.339 e. The molecule has 1 aliphatic heterocycles. The summed E-state index contributed by atoms with van der Waals surface area (Å²) in [7, 11) is 0. The fourth-order valence-corrected chi connectivity index (χ4v) is 4.55. The summed E-state index contributed by atoms with van der Waals surface area (Å²) in [6, 6.07) is 14.8. The molecule has 160 valence electrons. The molecule has 1 aliphatic carbocycles. The zero-order valence-electron chi connectivity index (χ0n) is 17.4. The molecule has 0 radical (unpaired) electrons. The van der Waals surface area contributed by atoms with Crippen LogP contribution in [0.3, 0.4) is 0 Å². The van der Waals surface area contributed by atoms with Gasteiger partial charge in [0, 0.05) is 35.2 Å². The predicted molar refractivity (Wildman–Crippen MR) is 117 cm³/mol. The number of hydrogen-bond acceptors (Lipinski definition) is 4. The van der Waals surface area contributed by atoms with Crippen molar-refractivity contribution in [2.75, 3.05) is 26.3 Å². The van der Waals surface area contributed by atoms with Gasteiger partial charge in [0.05, 0.1) is 18.8 Å². The van der Waals surface area contributed by atoms with Crippen molar-refractivity contribution in [2.24, 2.45) is 0 Å². The van der Waals surface area contributed by atoms with Crippen LogP contribution in [-0.2, 0) is 27.1 Å². The number of fused-ring (bicyclic) bond motifs is 3. The maximum absolute atomic E-state index is 13.2. The summed E-state index contributed by atoms with van der Waals surface area (Å²) in [5, 5.41) is 1.08. The Balaban J connectivity index is 1.43. The molecule has 3 aromatic rings. The Bertz CT molecular complexity index is 1100. The van der Waals surface area contributed by atoms with Gasteiger partial charge in [-0.15, -0.1) is 0 Å². The van der Waals surface area contributed by atoms with Crippen molar-refractivity contribution >= 4 is 22.8 Å². The molecule has 1 atom stereocenters. The second kappa shape index (κ2) is 8.55. The minimum atomic E-state index is -0.970. The Morgan fingerprint density at radius 2 is 1.77 bits per heavy atom. The second-order valence-electron chi connectivity index (χ2n) is 8.18. The van der Waals surface area contributed by atoms with E-state index in [2.05, 4.69) is 4.98 Å². The number of benzene rings is 2. The van der Waals surface area contributed by atoms with Crippen LogP contribution in [0.15, 0.2) is 48.5 Å². The number of aromatic nitrogens is 1. The van der Waals surface area contributed by atoms with Crippen LogP contribution in [0.2, 0.25) is 0 Å². The summed E-state index contributed by atoms with van der Waals surface area (Å²) in [6.45, 7) is 2.00. The largest absolute Gasteiger partial charge is 0.444 e. The second-order valence-corrected chi connectivity index (χ2v) is 8.18. The molecule has 0 unspecified atom stereocenters. The summed E-state index contributed by atoms with van der Waals surface area (Å²) in [4.78, 5) is 31.5. The highest BCUT2D eigenvalue weighted by atomic mass is 16.5. The number of carbonyl (C=O) groups is 2. The molecule has 0 spiro atoms. The van der Waals surface area contributed by atoms with Gasteiger partial charge in [0.15, 0.2) is 0 Å². The zero-order valence-corrected chi connectivity index (χ0v) is 17.4. The molecule has 0 saturated carbocycles. The monoisotopic (exact) mass is 418 g/mol. The Morgan fingerprint density at radius 1 is 1.00 bits per heavy atom. The fourth-order valence-electron chi connectivity index (χ4n) is 4.55. The number of hydrogen-bond donors (Lipinski definition) is 1. The lowest BCUT2D eigenvalue weighted by molar-refractivity contribution is -0.145. The van der Waals surface area contributed by atoms with Crippen LogP contribution in [0.5, 0.6) is 0 Å². The predicted octanol–water partition coefficient (Wildman–Crippen LogP) is 3.80. The van der Waals surface area contributed by atoms with Crippen LogP contribution in [0.1, 0.15) is 46.1 Å². The number of aryl methyl sites for hydroxylation is 2. The Labute approximate surface area is 181 Å². The summed E-state index contributed by atoms with van der Waals surface area (Å²) in [6.07, 6.45) is 3.46. The first-order valence-corrected chi connectivity index (χ1v) is 11.0. The van der Waals surface area contributed by atoms with Gasteiger partial charge in [-0.25, -0.2) is 4.79 Å². The molecule has 31 heavy (non-hydrogen) atoms. The first kappa shape index (κ1) is 19.8. The van der Waals surface area contributed by atoms with E-state index >= 15 is 0 Å². The molecule has 2 aromatic carbocycles. The molecule has 1 N–H and O–H groups in total. The lowest BCUT2D eigenvalue weighted by Crippen LogP contribution is -2.44. The number of esters is 1. The van der Waals surface area contributed by atoms with Crippen molar-refractivity contribution in [3.63, 3.8) is 0 Å². The quantitative estimate of drug-likeness (QED) is 0.654. The minimum absolute atomic E-state index is 0.206. The normalized spacial score (nSPS) is 17.2. The number of ether oxygens (including phenoxy) is 2. The van der Waals surface area contributed by atoms with Crippen LogP contribution in [0.4, 0.5) is 0 Å². The molecule has 6 heteroatoms. The van der Waals surface area contributed by atoms with Crippen molar-refractivity contribution < 1.29 is 19.1 Å². The molecule has 0 bridgehead atoms. The van der Waals surface area contributed by atoms with E-state index in [0.717, 1.165) is 23.7 Å². The molecular weight excluding hydrogens is 392 g/mol. The summed E-state index contributed by atoms with van der Waals surface area (Å²) >= 11 is 0. The van der Waals surface area contributed by atoms with Gasteiger partial charge in [0.25, 0.3) is 5.91 Å². The number of rotatable bonds is 4. The van der Waals surface area contributed by atoms with Crippen molar-refractivity contribution in [2.45, 2.75) is 31.8 Å². The first-order valence-electron chi connectivity index (χ1n) is 11.0. The van der Waals surface area contributed by atoms with Gasteiger partial charge in [0.2, 0.25) is 6.10 Å². The average molecular weight is 418 g/mol. The molecule has 2 aliphatic rings. The topological polar surface area (TPSA) is 71.6 Å². The summed E-state index contributed by atoms with van der Waals surface area (Å²) in [5.41, 5.74) is 4.77. The molecule has 5 rings (SSSR count). The van der Waals surface area contributed by atoms with E-state index < -0.39 is 12.1 Å². The van der Waals surface area contributed by atoms with Gasteiger partial charge < -0.3 is 19.4 Å². The van der Waals surface area contributed by atoms with Gasteiger partial charge in [-0.05, 0) is 49.4 Å². The highest BCUT2D eigenvalue weighted by Crippen LogP contribution is 2.30. The van der Waals surface area contributed by atoms with Gasteiger partial charge in [0.1, 0.15) is 0 Å². The smallest absolute Gasteiger partial charge is 0.339 e. The number of H-pyrrole nitrogens is 1. The zero-order chi connectivity index (χ0) is 21.2. The van der Waals surface area contributed by atoms with Crippen LogP contribution in [0.25, 0.3) is 10.9 Å². The number of morpholine rings is 1. The Hall–Kier alpha value is -3.12. The first-order chi connectivity index (χ1) is 15.2. The molecule has 1 fully saturated rings. The Morgan fingerprint density at radius 3 is 2.58 bits per heavy atom. The van der Waals surface area contributed by atoms with Gasteiger partial charge in [-0.2, -0.15) is 0 Å². The van der Waals surface area contributed by atoms with Crippen LogP contribution in [0, 0.1) is 0 Å². The highest BCUT2D eigenvalue weighted by Gasteiger charge is 2.31. The van der Waals surface area contributed by atoms with Crippen LogP contribution < -0.4 is 0 Å². The van der Waals surface area contributed by atoms with Gasteiger partial charge in [-0.3, -0.25) is 4.79 Å². The van der Waals surface area contributed by atoms with Crippen molar-refractivity contribution in [3.8, 4) is 0 Å². The fraction of sp³-hybridized carbons (Fsp3) is 0.360. The minimum Gasteiger partial charge on any atom is -0.444 e. The molecule has 1 saturated heterocycles. The van der Waals surface area contributed by atoms with Gasteiger partial charge in [-0.1, -0.05) is 30.3 Å². The van der Waals surface area contributed by atoms with E-state index in [9.17, 15) is 9.59 Å². The molecule has 6 nitrogen and oxygen atoms in total. The number of amides is 1. The lowest BCUT2D eigenvalue weighted by Gasteiger charge is -2.30. The molecular formula is C25H26N2O4. The lowest BCUT2D eigenvalue weighted by atomic mass is 9.95. The van der Waals surface area contributed by atoms with Gasteiger partial charge >= 0.3 is 5.97 Å². The standard InChI is InChI=1S/C25H26N2O4/c28-24(27-12-14-30-15-13-27)23(17-6-2-1-3-7-17)31-25(29)18-10-11-22-20(16-18)19-8-4-5-9-21(19)26-22/h1-3,6-7,10-11,16,23,26H,4-5,8-9,12-15H2/t23-/m0/s1. The SMILES string of the molecule is O=C(O[C@H](C(=O)N1CCOCC1)c1ccccc1)c1ccc2[nH]c3c(c2c1)CCCC3. The molecule has 1 aromatic heterocycles. The Kier molecular flexibility index (Phi) is 5.47. The number of nitrogens with zero attached hydrogens (tertiary/aromatic N) is 1. The van der Waals surface area contributed by atoms with E-state index in [4.69, 9.17) is 9.47 Å². The highest BCUT2D eigenvalue weighted by molar-refractivity contribution is 5.97. The molecule has 1 amide bonds. The van der Waals surface area contributed by atoms with E-state index in [-0.39, 0.29) is 5.91 Å². The third-order valence-corrected chi connectivity index (χ3v) is 6.21. The van der Waals surface area contributed by atoms with Crippen LogP contribution >= 0.6 is 0 Å².